The van der Waals surface area contributed by atoms with Gasteiger partial charge in [0, 0.05) is 5.69 Å². The van der Waals surface area contributed by atoms with Crippen LogP contribution < -0.4 is 20.2 Å². The molecule has 0 saturated carbocycles. The number of amides is 1. The molecule has 1 aliphatic rings. The second kappa shape index (κ2) is 10.1. The lowest BCUT2D eigenvalue weighted by atomic mass is 10.0. The quantitative estimate of drug-likeness (QED) is 0.395. The summed E-state index contributed by atoms with van der Waals surface area (Å²) >= 11 is 1.37. The third-order valence-corrected chi connectivity index (χ3v) is 6.88. The molecule has 0 radical (unpaired) electrons. The number of carbonyl (C=O) groups is 1. The Labute approximate surface area is 207 Å². The molecular weight excluding hydrogens is 462 g/mol. The minimum absolute atomic E-state index is 0.122. The fourth-order valence-electron chi connectivity index (χ4n) is 3.77. The number of aromatic nitrogens is 3. The van der Waals surface area contributed by atoms with Crippen LogP contribution in [0, 0.1) is 6.92 Å². The van der Waals surface area contributed by atoms with Crippen LogP contribution in [0.2, 0.25) is 0 Å². The van der Waals surface area contributed by atoms with E-state index in [0.29, 0.717) is 11.0 Å². The highest BCUT2D eigenvalue weighted by molar-refractivity contribution is 8.00. The largest absolute Gasteiger partial charge is 0.497 e. The maximum atomic E-state index is 13.4. The van der Waals surface area contributed by atoms with Crippen LogP contribution in [-0.2, 0) is 11.4 Å². The molecule has 0 fully saturated rings. The molecule has 0 spiro atoms. The first-order valence-electron chi connectivity index (χ1n) is 11.2. The van der Waals surface area contributed by atoms with Crippen LogP contribution in [0.3, 0.4) is 0 Å². The van der Waals surface area contributed by atoms with Crippen LogP contribution in [0.5, 0.6) is 11.5 Å². The second-order valence-corrected chi connectivity index (χ2v) is 9.22. The third kappa shape index (κ3) is 5.09. The fraction of sp³-hybridized carbons (Fsp3) is 0.192. The van der Waals surface area contributed by atoms with Crippen molar-refractivity contribution in [3.63, 3.8) is 0 Å². The maximum absolute atomic E-state index is 13.4. The Morgan fingerprint density at radius 1 is 1.00 bits per heavy atom. The van der Waals surface area contributed by atoms with E-state index in [4.69, 9.17) is 9.47 Å². The molecule has 4 aromatic rings. The van der Waals surface area contributed by atoms with Gasteiger partial charge in [-0.3, -0.25) is 4.79 Å². The van der Waals surface area contributed by atoms with E-state index < -0.39 is 5.25 Å². The summed E-state index contributed by atoms with van der Waals surface area (Å²) < 4.78 is 13.0. The summed E-state index contributed by atoms with van der Waals surface area (Å²) in [6.07, 6.45) is 0. The van der Waals surface area contributed by atoms with E-state index in [1.807, 2.05) is 85.8 Å². The summed E-state index contributed by atoms with van der Waals surface area (Å²) in [5.74, 6) is 1.99. The van der Waals surface area contributed by atoms with Crippen molar-refractivity contribution in [3.8, 4) is 11.5 Å². The monoisotopic (exact) mass is 487 g/mol. The summed E-state index contributed by atoms with van der Waals surface area (Å²) in [6.45, 7) is 2.25. The van der Waals surface area contributed by atoms with Gasteiger partial charge < -0.3 is 20.2 Å². The number of methoxy groups -OCH3 is 1. The van der Waals surface area contributed by atoms with Crippen molar-refractivity contribution in [3.05, 3.63) is 95.8 Å². The third-order valence-electron chi connectivity index (χ3n) is 5.67. The van der Waals surface area contributed by atoms with Crippen molar-refractivity contribution in [1.82, 2.24) is 14.9 Å². The minimum Gasteiger partial charge on any atom is -0.497 e. The average Bonchev–Trinajstić information content (AvgIpc) is 3.30. The molecule has 0 unspecified atom stereocenters. The second-order valence-electron chi connectivity index (χ2n) is 8.11. The Kier molecular flexibility index (Phi) is 6.58. The summed E-state index contributed by atoms with van der Waals surface area (Å²) in [7, 11) is 1.63. The van der Waals surface area contributed by atoms with Crippen LogP contribution in [0.1, 0.15) is 23.0 Å². The van der Waals surface area contributed by atoms with Crippen LogP contribution >= 0.6 is 11.8 Å². The summed E-state index contributed by atoms with van der Waals surface area (Å²) in [6, 6.07) is 24.6. The molecule has 9 heteroatoms. The van der Waals surface area contributed by atoms with Gasteiger partial charge in [0.1, 0.15) is 23.4 Å². The zero-order chi connectivity index (χ0) is 24.2. The number of nitrogens with zero attached hydrogens (tertiary/aromatic N) is 3. The molecule has 0 bridgehead atoms. The fourth-order valence-corrected chi connectivity index (χ4v) is 4.87. The molecule has 178 valence electrons. The molecule has 5 rings (SSSR count). The van der Waals surface area contributed by atoms with Crippen molar-refractivity contribution >= 4 is 23.4 Å². The van der Waals surface area contributed by atoms with Crippen molar-refractivity contribution in [2.45, 2.75) is 30.0 Å². The number of ether oxygens (including phenoxy) is 2. The van der Waals surface area contributed by atoms with Gasteiger partial charge in [-0.05, 0) is 48.9 Å². The summed E-state index contributed by atoms with van der Waals surface area (Å²) in [5.41, 5.74) is 6.27. The number of hydrogen-bond acceptors (Lipinski definition) is 7. The van der Waals surface area contributed by atoms with E-state index in [0.717, 1.165) is 28.3 Å². The number of thioether (sulfide) groups is 1. The van der Waals surface area contributed by atoms with Gasteiger partial charge in [0.15, 0.2) is 5.82 Å². The summed E-state index contributed by atoms with van der Waals surface area (Å²) in [5, 5.41) is 11.8. The number of anilines is 1. The van der Waals surface area contributed by atoms with E-state index >= 15 is 0 Å². The van der Waals surface area contributed by atoms with Crippen LogP contribution in [0.15, 0.2) is 84.0 Å². The highest BCUT2D eigenvalue weighted by Crippen LogP contribution is 2.38. The Hall–Kier alpha value is -3.98. The van der Waals surface area contributed by atoms with E-state index in [-0.39, 0.29) is 18.6 Å². The van der Waals surface area contributed by atoms with Crippen molar-refractivity contribution in [2.24, 2.45) is 0 Å². The molecule has 2 heterocycles. The van der Waals surface area contributed by atoms with E-state index in [1.54, 1.807) is 11.8 Å². The highest BCUT2D eigenvalue weighted by atomic mass is 32.2. The first-order valence-corrected chi connectivity index (χ1v) is 12.1. The zero-order valence-electron chi connectivity index (χ0n) is 19.3. The van der Waals surface area contributed by atoms with E-state index in [2.05, 4.69) is 20.9 Å². The zero-order valence-corrected chi connectivity index (χ0v) is 20.2. The Morgan fingerprint density at radius 2 is 1.74 bits per heavy atom. The van der Waals surface area contributed by atoms with Crippen molar-refractivity contribution < 1.29 is 14.3 Å². The summed E-state index contributed by atoms with van der Waals surface area (Å²) in [4.78, 5) is 13.4. The molecule has 0 aliphatic carbocycles. The number of hydrogen-bond donors (Lipinski definition) is 2. The van der Waals surface area contributed by atoms with Crippen LogP contribution in [0.25, 0.3) is 0 Å². The molecule has 0 saturated heterocycles. The molecule has 1 aromatic heterocycles. The lowest BCUT2D eigenvalue weighted by molar-refractivity contribution is -0.116. The number of rotatable bonds is 7. The van der Waals surface area contributed by atoms with Gasteiger partial charge in [0.25, 0.3) is 0 Å². The predicted molar refractivity (Wildman–Crippen MR) is 135 cm³/mol. The van der Waals surface area contributed by atoms with Gasteiger partial charge in [0.2, 0.25) is 11.1 Å². The molecule has 2 N–H and O–H groups in total. The SMILES string of the molecule is COc1ccc([C@@H]2Nn3c(COc4ccccc4)nnc3S[C@@H]2C(=O)Nc2ccc(C)cc2)cc1. The van der Waals surface area contributed by atoms with Gasteiger partial charge in [-0.25, -0.2) is 4.68 Å². The average molecular weight is 488 g/mol. The Bertz CT molecular complexity index is 1290. The van der Waals surface area contributed by atoms with Crippen LogP contribution in [0.4, 0.5) is 5.69 Å². The number of aryl methyl sites for hydroxylation is 1. The smallest absolute Gasteiger partial charge is 0.240 e. The van der Waals surface area contributed by atoms with Gasteiger partial charge in [-0.15, -0.1) is 10.2 Å². The maximum Gasteiger partial charge on any atom is 0.240 e. The molecule has 1 aliphatic heterocycles. The topological polar surface area (TPSA) is 90.3 Å². The number of benzene rings is 3. The lowest BCUT2D eigenvalue weighted by Crippen LogP contribution is -2.41. The molecule has 3 aromatic carbocycles. The van der Waals surface area contributed by atoms with Crippen molar-refractivity contribution in [1.29, 1.82) is 0 Å². The number of para-hydroxylation sites is 1. The van der Waals surface area contributed by atoms with Gasteiger partial charge in [-0.2, -0.15) is 0 Å². The first-order chi connectivity index (χ1) is 17.1. The van der Waals surface area contributed by atoms with Crippen LogP contribution in [-0.4, -0.2) is 33.1 Å². The number of nitrogens with one attached hydrogen (secondary N) is 2. The van der Waals surface area contributed by atoms with E-state index in [9.17, 15) is 4.79 Å². The van der Waals surface area contributed by atoms with Gasteiger partial charge in [-0.1, -0.05) is 59.8 Å². The van der Waals surface area contributed by atoms with Gasteiger partial charge >= 0.3 is 0 Å². The molecule has 2 atom stereocenters. The van der Waals surface area contributed by atoms with Gasteiger partial charge in [0.05, 0.1) is 13.2 Å². The number of carbonyl (C=O) groups excluding carboxylic acids is 1. The standard InChI is InChI=1S/C26H25N5O3S/c1-17-8-12-19(13-9-17)27-25(32)24-23(18-10-14-20(33-2)15-11-18)30-31-22(28-29-26(31)35-24)16-34-21-6-4-3-5-7-21/h3-15,23-24,30H,16H2,1-2H3,(H,27,32)/t23-,24-/m0/s1. The number of fused-ring (bicyclic) bond motifs is 1. The Morgan fingerprint density at radius 3 is 2.46 bits per heavy atom. The Balaban J connectivity index is 1.41. The first kappa shape index (κ1) is 22.8. The molecule has 35 heavy (non-hydrogen) atoms. The minimum atomic E-state index is -0.482. The molecule has 1 amide bonds. The van der Waals surface area contributed by atoms with E-state index in [1.165, 1.54) is 11.8 Å². The molecular formula is C26H25N5O3S. The lowest BCUT2D eigenvalue weighted by Gasteiger charge is -2.33. The van der Waals surface area contributed by atoms with Crippen molar-refractivity contribution in [2.75, 3.05) is 17.9 Å². The normalized spacial score (nSPS) is 16.6. The molecule has 8 nitrogen and oxygen atoms in total. The predicted octanol–water partition coefficient (Wildman–Crippen LogP) is 4.57. The highest BCUT2D eigenvalue weighted by Gasteiger charge is 2.38.